The Morgan fingerprint density at radius 3 is 1.75 bits per heavy atom. The lowest BCUT2D eigenvalue weighted by molar-refractivity contribution is -0.161. The van der Waals surface area contributed by atoms with Crippen LogP contribution in [0, 0.1) is 0 Å². The molecule has 0 aromatic rings. The number of carbonyl (C=O) groups excluding carboxylic acids is 2. The van der Waals surface area contributed by atoms with Gasteiger partial charge in [0.15, 0.2) is 6.10 Å². The topological polar surface area (TPSA) is 172 Å². The molecule has 0 spiro atoms. The SMILES string of the molecule is CC/C=C/C=C/C=C/CCCCCCCC(=O)OC(COC(=O)CCCCCCCCC/C=C/C/C=C/CC)COP(=O)(O)OC[C@H](N)C(=O)O. The first-order chi connectivity index (χ1) is 24.6. The van der Waals surface area contributed by atoms with Crippen LogP contribution >= 0.6 is 7.82 Å². The third kappa shape index (κ3) is 34.1. The normalized spacial score (nSPS) is 14.6. The summed E-state index contributed by atoms with van der Waals surface area (Å²) in [7, 11) is -4.72. The molecule has 0 radical (unpaired) electrons. The minimum atomic E-state index is -4.72. The molecule has 0 saturated heterocycles. The van der Waals surface area contributed by atoms with Crippen molar-refractivity contribution in [1.82, 2.24) is 0 Å². The molecule has 0 aromatic heterocycles. The van der Waals surface area contributed by atoms with E-state index in [0.29, 0.717) is 12.8 Å². The van der Waals surface area contributed by atoms with Crippen LogP contribution in [0.2, 0.25) is 0 Å². The number of hydrogen-bond donors (Lipinski definition) is 3. The molecule has 0 bridgehead atoms. The molecule has 0 aliphatic rings. The van der Waals surface area contributed by atoms with Crippen molar-refractivity contribution in [3.8, 4) is 0 Å². The second kappa shape index (κ2) is 34.3. The molecular formula is C39H66NO10P. The summed E-state index contributed by atoms with van der Waals surface area (Å²) >= 11 is 0. The zero-order valence-corrected chi connectivity index (χ0v) is 32.1. The standard InChI is InChI=1S/C39H66NO10P/c1-3-5-7-9-11-13-15-17-19-20-22-24-26-28-30-37(41)47-32-35(33-48-51(45,46)49-34-36(40)39(43)44)50-38(42)31-29-27-25-23-21-18-16-14-12-10-8-6-4-2/h5-8,10-14,16,35-36H,3-4,9,15,17-34,40H2,1-2H3,(H,43,44)(H,45,46)/b7-5+,8-6+,12-10+,13-11+,16-14+/t35?,36-/m0/s1. The maximum atomic E-state index is 12.5. The molecule has 0 aromatic carbocycles. The fraction of sp³-hybridized carbons (Fsp3) is 0.667. The molecule has 0 saturated carbocycles. The number of esters is 2. The second-order valence-electron chi connectivity index (χ2n) is 12.4. The van der Waals surface area contributed by atoms with Gasteiger partial charge < -0.3 is 25.2 Å². The highest BCUT2D eigenvalue weighted by Gasteiger charge is 2.28. The van der Waals surface area contributed by atoms with Crippen LogP contribution in [0.3, 0.4) is 0 Å². The molecule has 292 valence electrons. The predicted octanol–water partition coefficient (Wildman–Crippen LogP) is 9.22. The number of phosphoric acid groups is 1. The van der Waals surface area contributed by atoms with Gasteiger partial charge in [0.25, 0.3) is 0 Å². The molecule has 0 amide bonds. The molecule has 0 rings (SSSR count). The molecule has 11 nitrogen and oxygen atoms in total. The summed E-state index contributed by atoms with van der Waals surface area (Å²) < 4.78 is 32.5. The fourth-order valence-electron chi connectivity index (χ4n) is 4.63. The summed E-state index contributed by atoms with van der Waals surface area (Å²) in [6, 6.07) is -1.53. The van der Waals surface area contributed by atoms with E-state index >= 15 is 0 Å². The van der Waals surface area contributed by atoms with Gasteiger partial charge >= 0.3 is 25.7 Å². The number of ether oxygens (including phenoxy) is 2. The molecule has 0 aliphatic carbocycles. The zero-order valence-electron chi connectivity index (χ0n) is 31.2. The molecule has 12 heteroatoms. The van der Waals surface area contributed by atoms with Gasteiger partial charge in [0.2, 0.25) is 0 Å². The lowest BCUT2D eigenvalue weighted by Gasteiger charge is -2.20. The van der Waals surface area contributed by atoms with Crippen LogP contribution in [-0.4, -0.2) is 59.9 Å². The van der Waals surface area contributed by atoms with Crippen molar-refractivity contribution in [2.75, 3.05) is 19.8 Å². The molecule has 4 N–H and O–H groups in total. The van der Waals surface area contributed by atoms with E-state index in [0.717, 1.165) is 83.5 Å². The van der Waals surface area contributed by atoms with Gasteiger partial charge in [-0.3, -0.25) is 23.4 Å². The van der Waals surface area contributed by atoms with E-state index in [1.165, 1.54) is 12.8 Å². The largest absolute Gasteiger partial charge is 0.480 e. The van der Waals surface area contributed by atoms with Crippen LogP contribution in [0.1, 0.15) is 136 Å². The van der Waals surface area contributed by atoms with Crippen molar-refractivity contribution in [3.63, 3.8) is 0 Å². The van der Waals surface area contributed by atoms with E-state index in [1.54, 1.807) is 0 Å². The monoisotopic (exact) mass is 739 g/mol. The van der Waals surface area contributed by atoms with Crippen molar-refractivity contribution >= 4 is 25.7 Å². The average molecular weight is 740 g/mol. The Morgan fingerprint density at radius 1 is 0.627 bits per heavy atom. The Balaban J connectivity index is 4.49. The smallest absolute Gasteiger partial charge is 0.472 e. The Labute approximate surface area is 307 Å². The lowest BCUT2D eigenvalue weighted by Crippen LogP contribution is -2.34. The summed E-state index contributed by atoms with van der Waals surface area (Å²) in [5, 5.41) is 8.86. The van der Waals surface area contributed by atoms with Crippen molar-refractivity contribution in [1.29, 1.82) is 0 Å². The molecule has 0 heterocycles. The first-order valence-electron chi connectivity index (χ1n) is 18.8. The molecule has 2 unspecified atom stereocenters. The van der Waals surface area contributed by atoms with Crippen molar-refractivity contribution in [2.45, 2.75) is 148 Å². The van der Waals surface area contributed by atoms with E-state index < -0.39 is 51.1 Å². The van der Waals surface area contributed by atoms with Gasteiger partial charge in [-0.2, -0.15) is 0 Å². The van der Waals surface area contributed by atoms with Crippen molar-refractivity contribution in [2.24, 2.45) is 5.73 Å². The average Bonchev–Trinajstić information content (AvgIpc) is 3.10. The second-order valence-corrected chi connectivity index (χ2v) is 13.8. The van der Waals surface area contributed by atoms with Crippen molar-refractivity contribution in [3.05, 3.63) is 60.8 Å². The van der Waals surface area contributed by atoms with Crippen LogP contribution in [-0.2, 0) is 37.5 Å². The van der Waals surface area contributed by atoms with Gasteiger partial charge in [0.05, 0.1) is 13.2 Å². The quantitative estimate of drug-likeness (QED) is 0.0189. The van der Waals surface area contributed by atoms with E-state index in [-0.39, 0.29) is 19.4 Å². The van der Waals surface area contributed by atoms with Gasteiger partial charge in [-0.25, -0.2) is 4.57 Å². The van der Waals surface area contributed by atoms with Gasteiger partial charge in [0, 0.05) is 12.8 Å². The van der Waals surface area contributed by atoms with E-state index in [2.05, 4.69) is 54.8 Å². The minimum Gasteiger partial charge on any atom is -0.480 e. The van der Waals surface area contributed by atoms with E-state index in [9.17, 15) is 23.8 Å². The summed E-state index contributed by atoms with van der Waals surface area (Å²) in [5.41, 5.74) is 5.31. The van der Waals surface area contributed by atoms with Crippen LogP contribution < -0.4 is 5.73 Å². The highest BCUT2D eigenvalue weighted by atomic mass is 31.2. The van der Waals surface area contributed by atoms with Crippen LogP contribution in [0.25, 0.3) is 0 Å². The Hall–Kier alpha value is -2.82. The van der Waals surface area contributed by atoms with Gasteiger partial charge in [-0.05, 0) is 57.8 Å². The van der Waals surface area contributed by atoms with Gasteiger partial charge in [0.1, 0.15) is 12.6 Å². The Morgan fingerprint density at radius 2 is 1.14 bits per heavy atom. The Kier molecular flexibility index (Phi) is 32.4. The van der Waals surface area contributed by atoms with Gasteiger partial charge in [-0.1, -0.05) is 126 Å². The first kappa shape index (κ1) is 48.2. The number of unbranched alkanes of at least 4 members (excludes halogenated alkanes) is 12. The summed E-state index contributed by atoms with van der Waals surface area (Å²) in [6.45, 7) is 2.50. The predicted molar refractivity (Wildman–Crippen MR) is 203 cm³/mol. The minimum absolute atomic E-state index is 0.133. The number of carbonyl (C=O) groups is 3. The lowest BCUT2D eigenvalue weighted by atomic mass is 10.1. The number of aliphatic carboxylic acids is 1. The maximum Gasteiger partial charge on any atom is 0.472 e. The number of phosphoric ester groups is 1. The summed E-state index contributed by atoms with van der Waals surface area (Å²) in [4.78, 5) is 45.7. The number of rotatable bonds is 34. The van der Waals surface area contributed by atoms with Crippen LogP contribution in [0.5, 0.6) is 0 Å². The zero-order chi connectivity index (χ0) is 37.8. The number of nitrogens with two attached hydrogens (primary N) is 1. The Bertz CT molecular complexity index is 1100. The molecular weight excluding hydrogens is 673 g/mol. The van der Waals surface area contributed by atoms with Gasteiger partial charge in [-0.15, -0.1) is 0 Å². The summed E-state index contributed by atoms with van der Waals surface area (Å²) in [5.74, 6) is -2.43. The molecule has 51 heavy (non-hydrogen) atoms. The molecule has 3 atom stereocenters. The number of allylic oxidation sites excluding steroid dienone is 10. The number of hydrogen-bond acceptors (Lipinski definition) is 9. The maximum absolute atomic E-state index is 12.5. The van der Waals surface area contributed by atoms with E-state index in [1.807, 2.05) is 24.3 Å². The van der Waals surface area contributed by atoms with E-state index in [4.69, 9.17) is 24.8 Å². The third-order valence-electron chi connectivity index (χ3n) is 7.57. The van der Waals surface area contributed by atoms with Crippen LogP contribution in [0.15, 0.2) is 60.8 Å². The number of carboxylic acids is 1. The molecule has 0 fully saturated rings. The highest BCUT2D eigenvalue weighted by molar-refractivity contribution is 7.47. The summed E-state index contributed by atoms with van der Waals surface area (Å²) in [6.07, 6.45) is 37.2. The van der Waals surface area contributed by atoms with Crippen LogP contribution in [0.4, 0.5) is 0 Å². The van der Waals surface area contributed by atoms with Crippen molar-refractivity contribution < 1.29 is 47.5 Å². The number of carboxylic acid groups (broad SMARTS) is 1. The fourth-order valence-corrected chi connectivity index (χ4v) is 5.41. The molecule has 0 aliphatic heterocycles. The highest BCUT2D eigenvalue weighted by Crippen LogP contribution is 2.43. The third-order valence-corrected chi connectivity index (χ3v) is 8.52. The first-order valence-corrected chi connectivity index (χ1v) is 20.3.